The molecule has 9 heteroatoms. The maximum atomic E-state index is 12.4. The van der Waals surface area contributed by atoms with Crippen molar-refractivity contribution in [1.82, 2.24) is 29.8 Å². The third kappa shape index (κ3) is 3.86. The van der Waals surface area contributed by atoms with Crippen molar-refractivity contribution in [1.29, 1.82) is 0 Å². The molecule has 29 heavy (non-hydrogen) atoms. The van der Waals surface area contributed by atoms with Crippen molar-refractivity contribution in [3.05, 3.63) is 36.8 Å². The number of aromatic nitrogens is 4. The van der Waals surface area contributed by atoms with Gasteiger partial charge in [-0.25, -0.2) is 14.5 Å². The summed E-state index contributed by atoms with van der Waals surface area (Å²) in [5.41, 5.74) is 8.29. The van der Waals surface area contributed by atoms with E-state index in [1.807, 2.05) is 23.2 Å². The van der Waals surface area contributed by atoms with Crippen LogP contribution in [-0.4, -0.2) is 62.1 Å². The van der Waals surface area contributed by atoms with E-state index in [0.717, 1.165) is 42.8 Å². The molecule has 0 saturated carbocycles. The molecule has 3 aromatic heterocycles. The lowest BCUT2D eigenvalue weighted by Gasteiger charge is -2.33. The second-order valence-corrected chi connectivity index (χ2v) is 7.75. The predicted molar refractivity (Wildman–Crippen MR) is 110 cm³/mol. The average Bonchev–Trinajstić information content (AvgIpc) is 3.44. The van der Waals surface area contributed by atoms with Crippen molar-refractivity contribution in [2.75, 3.05) is 30.7 Å². The van der Waals surface area contributed by atoms with Crippen molar-refractivity contribution in [3.8, 4) is 11.4 Å². The summed E-state index contributed by atoms with van der Waals surface area (Å²) >= 11 is 0. The number of nitrogens with two attached hydrogens (primary N) is 1. The second kappa shape index (κ2) is 7.32. The first-order valence-corrected chi connectivity index (χ1v) is 10.00. The van der Waals surface area contributed by atoms with E-state index in [4.69, 9.17) is 5.73 Å². The van der Waals surface area contributed by atoms with Gasteiger partial charge < -0.3 is 21.3 Å². The van der Waals surface area contributed by atoms with Gasteiger partial charge in [0.25, 0.3) is 0 Å². The van der Waals surface area contributed by atoms with Crippen LogP contribution in [-0.2, 0) is 4.79 Å². The number of hydrogen-bond acceptors (Lipinski definition) is 7. The highest BCUT2D eigenvalue weighted by atomic mass is 16.2. The Balaban J connectivity index is 1.32. The predicted octanol–water partition coefficient (Wildman–Crippen LogP) is 1.14. The van der Waals surface area contributed by atoms with Gasteiger partial charge in [0.1, 0.15) is 5.82 Å². The monoisotopic (exact) mass is 392 g/mol. The van der Waals surface area contributed by atoms with Crippen LogP contribution in [0, 0.1) is 0 Å². The molecule has 2 saturated heterocycles. The number of piperidine rings is 1. The van der Waals surface area contributed by atoms with Gasteiger partial charge in [0, 0.05) is 56.2 Å². The van der Waals surface area contributed by atoms with E-state index in [-0.39, 0.29) is 11.9 Å². The Morgan fingerprint density at radius 3 is 3.14 bits per heavy atom. The molecule has 2 aliphatic heterocycles. The normalized spacial score (nSPS) is 21.3. The first kappa shape index (κ1) is 17.9. The summed E-state index contributed by atoms with van der Waals surface area (Å²) in [6.45, 7) is 2.50. The van der Waals surface area contributed by atoms with Gasteiger partial charge in [0.15, 0.2) is 5.82 Å². The number of rotatable bonds is 5. The molecule has 150 valence electrons. The van der Waals surface area contributed by atoms with Gasteiger partial charge in [-0.2, -0.15) is 5.10 Å². The summed E-state index contributed by atoms with van der Waals surface area (Å²) < 4.78 is 1.76. The van der Waals surface area contributed by atoms with Gasteiger partial charge in [-0.15, -0.1) is 0 Å². The number of amides is 1. The first-order chi connectivity index (χ1) is 14.2. The number of anilines is 2. The zero-order valence-electron chi connectivity index (χ0n) is 16.1. The zero-order chi connectivity index (χ0) is 19.8. The Bertz CT molecular complexity index is 1040. The number of likely N-dealkylation sites (tertiary alicyclic amines) is 1. The lowest BCUT2D eigenvalue weighted by Crippen LogP contribution is -2.45. The van der Waals surface area contributed by atoms with E-state index in [9.17, 15) is 4.79 Å². The number of nitrogens with one attached hydrogen (secondary N) is 2. The van der Waals surface area contributed by atoms with E-state index in [2.05, 4.69) is 25.7 Å². The van der Waals surface area contributed by atoms with Crippen molar-refractivity contribution < 1.29 is 4.79 Å². The third-order valence-corrected chi connectivity index (χ3v) is 5.48. The third-order valence-electron chi connectivity index (χ3n) is 5.48. The van der Waals surface area contributed by atoms with Crippen molar-refractivity contribution in [2.45, 2.75) is 31.3 Å². The number of carbonyl (C=O) groups excluding carboxylic acids is 1. The molecular weight excluding hydrogens is 368 g/mol. The fourth-order valence-electron chi connectivity index (χ4n) is 3.84. The Hall–Kier alpha value is -3.20. The Kier molecular flexibility index (Phi) is 4.51. The maximum absolute atomic E-state index is 12.4. The van der Waals surface area contributed by atoms with Gasteiger partial charge >= 0.3 is 0 Å². The smallest absolute Gasteiger partial charge is 0.224 e. The molecule has 2 atom stereocenters. The van der Waals surface area contributed by atoms with E-state index >= 15 is 0 Å². The summed E-state index contributed by atoms with van der Waals surface area (Å²) in [5, 5.41) is 11.0. The zero-order valence-corrected chi connectivity index (χ0v) is 16.1. The molecule has 0 aromatic carbocycles. The van der Waals surface area contributed by atoms with E-state index in [1.165, 1.54) is 0 Å². The van der Waals surface area contributed by atoms with E-state index < -0.39 is 0 Å². The van der Waals surface area contributed by atoms with Gasteiger partial charge in [-0.1, -0.05) is 0 Å². The summed E-state index contributed by atoms with van der Waals surface area (Å²) in [4.78, 5) is 23.5. The van der Waals surface area contributed by atoms with E-state index in [1.54, 1.807) is 23.0 Å². The van der Waals surface area contributed by atoms with Crippen LogP contribution in [0.15, 0.2) is 36.8 Å². The van der Waals surface area contributed by atoms with Crippen LogP contribution in [0.1, 0.15) is 19.3 Å². The molecule has 1 amide bonds. The summed E-state index contributed by atoms with van der Waals surface area (Å²) in [7, 11) is 0. The molecule has 3 aromatic rings. The maximum Gasteiger partial charge on any atom is 0.224 e. The molecule has 4 N–H and O–H groups in total. The minimum Gasteiger partial charge on any atom is -0.399 e. The first-order valence-electron chi connectivity index (χ1n) is 10.00. The van der Waals surface area contributed by atoms with Crippen LogP contribution in [0.5, 0.6) is 0 Å². The van der Waals surface area contributed by atoms with Gasteiger partial charge in [-0.05, 0) is 31.0 Å². The lowest BCUT2D eigenvalue weighted by atomic mass is 10.0. The van der Waals surface area contributed by atoms with Crippen LogP contribution < -0.4 is 16.4 Å². The minimum atomic E-state index is 0.183. The Labute approximate surface area is 168 Å². The molecule has 0 aliphatic carbocycles. The van der Waals surface area contributed by atoms with Gasteiger partial charge in [0.2, 0.25) is 5.91 Å². The molecule has 5 rings (SSSR count). The quantitative estimate of drug-likeness (QED) is 0.556. The summed E-state index contributed by atoms with van der Waals surface area (Å²) in [5.74, 6) is 1.58. The fourth-order valence-corrected chi connectivity index (χ4v) is 3.84. The standard InChI is InChI=1S/C20H24N8O/c21-13-4-7-28-17(8-13)16(11-24-28)20-22-5-3-18(26-20)25-14-2-1-6-27(12-14)19(29)9-15-10-23-15/h3-5,7-8,11,14-15,23H,1-2,6,9-10,12,21H2,(H,22,25,26)/t14-,15+/m1/s1. The molecule has 0 bridgehead atoms. The summed E-state index contributed by atoms with van der Waals surface area (Å²) in [6.07, 6.45) is 7.92. The molecular formula is C20H24N8O. The molecule has 5 heterocycles. The lowest BCUT2D eigenvalue weighted by molar-refractivity contribution is -0.132. The topological polar surface area (TPSA) is 123 Å². The highest BCUT2D eigenvalue weighted by Crippen LogP contribution is 2.24. The van der Waals surface area contributed by atoms with Gasteiger partial charge in [0.05, 0.1) is 17.3 Å². The second-order valence-electron chi connectivity index (χ2n) is 7.75. The molecule has 9 nitrogen and oxygen atoms in total. The Morgan fingerprint density at radius 1 is 1.38 bits per heavy atom. The van der Waals surface area contributed by atoms with Crippen molar-refractivity contribution in [3.63, 3.8) is 0 Å². The number of hydrogen-bond donors (Lipinski definition) is 3. The number of carbonyl (C=O) groups is 1. The van der Waals surface area contributed by atoms with Crippen molar-refractivity contribution >= 4 is 22.9 Å². The van der Waals surface area contributed by atoms with Crippen LogP contribution in [0.4, 0.5) is 11.5 Å². The van der Waals surface area contributed by atoms with Crippen LogP contribution in [0.25, 0.3) is 16.9 Å². The fraction of sp³-hybridized carbons (Fsp3) is 0.400. The molecule has 2 fully saturated rings. The number of fused-ring (bicyclic) bond motifs is 1. The molecule has 0 radical (unpaired) electrons. The van der Waals surface area contributed by atoms with Crippen LogP contribution >= 0.6 is 0 Å². The van der Waals surface area contributed by atoms with Gasteiger partial charge in [-0.3, -0.25) is 4.79 Å². The van der Waals surface area contributed by atoms with Crippen LogP contribution in [0.2, 0.25) is 0 Å². The van der Waals surface area contributed by atoms with Crippen molar-refractivity contribution in [2.24, 2.45) is 0 Å². The average molecular weight is 392 g/mol. The summed E-state index contributed by atoms with van der Waals surface area (Å²) in [6, 6.07) is 6.09. The highest BCUT2D eigenvalue weighted by molar-refractivity contribution is 5.78. The molecule has 0 spiro atoms. The number of pyridine rings is 1. The van der Waals surface area contributed by atoms with E-state index in [0.29, 0.717) is 30.5 Å². The van der Waals surface area contributed by atoms with Crippen LogP contribution in [0.3, 0.4) is 0 Å². The largest absolute Gasteiger partial charge is 0.399 e. The minimum absolute atomic E-state index is 0.183. The molecule has 0 unspecified atom stereocenters. The Morgan fingerprint density at radius 2 is 2.28 bits per heavy atom. The number of nitrogen functional groups attached to an aromatic ring is 1. The SMILES string of the molecule is Nc1ccn2ncc(-c3nccc(N[C@@H]4CCCN(C(=O)C[C@H]5CN5)C4)n3)c2c1. The number of nitrogens with zero attached hydrogens (tertiary/aromatic N) is 5. The molecule has 2 aliphatic rings. The highest BCUT2D eigenvalue weighted by Gasteiger charge is 2.29.